The topological polar surface area (TPSA) is 60.1 Å². The van der Waals surface area contributed by atoms with Gasteiger partial charge in [-0.05, 0) is 23.8 Å². The van der Waals surface area contributed by atoms with Crippen LogP contribution in [0.3, 0.4) is 0 Å². The number of fused-ring (bicyclic) bond motifs is 1. The maximum absolute atomic E-state index is 13.8. The molecule has 0 aliphatic carbocycles. The lowest BCUT2D eigenvalue weighted by molar-refractivity contribution is -0.140. The predicted octanol–water partition coefficient (Wildman–Crippen LogP) is 2.79. The fourth-order valence-corrected chi connectivity index (χ4v) is 2.83. The van der Waals surface area contributed by atoms with Crippen LogP contribution in [0.4, 0.5) is 22.0 Å². The first-order chi connectivity index (χ1) is 13.4. The number of amides is 1. The number of hydrogen-bond donors (Lipinski definition) is 0. The van der Waals surface area contributed by atoms with Crippen molar-refractivity contribution in [1.29, 1.82) is 0 Å². The van der Waals surface area contributed by atoms with Gasteiger partial charge in [-0.3, -0.25) is 13.9 Å². The summed E-state index contributed by atoms with van der Waals surface area (Å²) in [7, 11) is 4.43. The molecule has 1 aromatic carbocycles. The summed E-state index contributed by atoms with van der Waals surface area (Å²) in [6.45, 7) is -0.320. The molecular formula is C18H15F5N4O2. The van der Waals surface area contributed by atoms with E-state index in [0.717, 1.165) is 10.8 Å². The van der Waals surface area contributed by atoms with Crippen LogP contribution in [0.2, 0.25) is 0 Å². The summed E-state index contributed by atoms with van der Waals surface area (Å²) >= 11 is 0. The quantitative estimate of drug-likeness (QED) is 0.620. The summed E-state index contributed by atoms with van der Waals surface area (Å²) in [5.74, 6) is -4.05. The van der Waals surface area contributed by atoms with E-state index in [9.17, 15) is 31.5 Å². The zero-order valence-electron chi connectivity index (χ0n) is 15.5. The van der Waals surface area contributed by atoms with Crippen LogP contribution in [0, 0.1) is 11.6 Å². The summed E-state index contributed by atoms with van der Waals surface area (Å²) in [5.41, 5.74) is -2.19. The average molecular weight is 414 g/mol. The van der Waals surface area contributed by atoms with E-state index in [-0.39, 0.29) is 28.8 Å². The van der Waals surface area contributed by atoms with Gasteiger partial charge in [-0.1, -0.05) is 0 Å². The number of imidazole rings is 1. The second kappa shape index (κ2) is 6.98. The number of rotatable bonds is 3. The van der Waals surface area contributed by atoms with E-state index < -0.39 is 35.0 Å². The van der Waals surface area contributed by atoms with E-state index in [0.29, 0.717) is 12.1 Å². The minimum Gasteiger partial charge on any atom is -0.347 e. The Morgan fingerprint density at radius 1 is 1.14 bits per heavy atom. The van der Waals surface area contributed by atoms with Crippen molar-refractivity contribution in [2.45, 2.75) is 12.7 Å². The SMILES string of the molecule is CN(C)C(=O)Cn1c(=O)n(C)c2ncc(-c3cc(F)c(F)c(C(F)(F)F)c3)cc21. The molecule has 0 aliphatic rings. The number of aryl methyl sites for hydroxylation is 1. The van der Waals surface area contributed by atoms with Crippen molar-refractivity contribution in [1.82, 2.24) is 19.0 Å². The monoisotopic (exact) mass is 414 g/mol. The van der Waals surface area contributed by atoms with Gasteiger partial charge in [-0.2, -0.15) is 13.2 Å². The van der Waals surface area contributed by atoms with Crippen molar-refractivity contribution >= 4 is 17.1 Å². The Morgan fingerprint density at radius 3 is 2.38 bits per heavy atom. The fraction of sp³-hybridized carbons (Fsp3) is 0.278. The number of hydrogen-bond acceptors (Lipinski definition) is 3. The molecule has 0 saturated carbocycles. The molecule has 0 atom stereocenters. The van der Waals surface area contributed by atoms with Crippen LogP contribution in [0.1, 0.15) is 5.56 Å². The Kier molecular flexibility index (Phi) is 4.93. The van der Waals surface area contributed by atoms with Gasteiger partial charge in [0.05, 0.1) is 11.1 Å². The van der Waals surface area contributed by atoms with Gasteiger partial charge in [0.2, 0.25) is 5.91 Å². The second-order valence-electron chi connectivity index (χ2n) is 6.60. The largest absolute Gasteiger partial charge is 0.419 e. The van der Waals surface area contributed by atoms with Crippen LogP contribution in [0.25, 0.3) is 22.3 Å². The molecule has 0 bridgehead atoms. The molecule has 6 nitrogen and oxygen atoms in total. The number of aromatic nitrogens is 3. The van der Waals surface area contributed by atoms with Gasteiger partial charge in [0.15, 0.2) is 17.3 Å². The molecule has 11 heteroatoms. The van der Waals surface area contributed by atoms with Gasteiger partial charge >= 0.3 is 11.9 Å². The Bertz CT molecular complexity index is 1180. The molecule has 2 aromatic heterocycles. The van der Waals surface area contributed by atoms with E-state index >= 15 is 0 Å². The number of nitrogens with zero attached hydrogens (tertiary/aromatic N) is 4. The summed E-state index contributed by atoms with van der Waals surface area (Å²) in [6, 6.07) is 2.39. The van der Waals surface area contributed by atoms with Gasteiger partial charge < -0.3 is 4.90 Å². The first-order valence-electron chi connectivity index (χ1n) is 8.24. The number of carbonyl (C=O) groups is 1. The van der Waals surface area contributed by atoms with Gasteiger partial charge in [0, 0.05) is 32.9 Å². The highest BCUT2D eigenvalue weighted by atomic mass is 19.4. The van der Waals surface area contributed by atoms with Crippen LogP contribution in [-0.4, -0.2) is 39.0 Å². The first kappa shape index (κ1) is 20.5. The van der Waals surface area contributed by atoms with Crippen molar-refractivity contribution in [2.75, 3.05) is 14.1 Å². The van der Waals surface area contributed by atoms with E-state index in [4.69, 9.17) is 0 Å². The molecule has 0 N–H and O–H groups in total. The Labute approximate surface area is 160 Å². The van der Waals surface area contributed by atoms with E-state index in [1.54, 1.807) is 0 Å². The lowest BCUT2D eigenvalue weighted by Crippen LogP contribution is -2.31. The molecule has 0 saturated heterocycles. The third kappa shape index (κ3) is 3.59. The molecule has 0 spiro atoms. The number of likely N-dealkylation sites (N-methyl/N-ethyl adjacent to an activating group) is 1. The highest BCUT2D eigenvalue weighted by molar-refractivity contribution is 5.82. The number of carbonyl (C=O) groups excluding carboxylic acids is 1. The Balaban J connectivity index is 2.22. The third-order valence-electron chi connectivity index (χ3n) is 4.43. The van der Waals surface area contributed by atoms with Crippen molar-refractivity contribution in [2.24, 2.45) is 7.05 Å². The van der Waals surface area contributed by atoms with Gasteiger partial charge in [0.1, 0.15) is 6.54 Å². The average Bonchev–Trinajstić information content (AvgIpc) is 2.87. The standard InChI is InChI=1S/C18H15F5N4O2/c1-25(2)14(28)8-27-13-6-10(7-24-16(13)26(3)17(27)29)9-4-11(18(21,22)23)15(20)12(19)5-9/h4-7H,8H2,1-3H3. The summed E-state index contributed by atoms with van der Waals surface area (Å²) in [5, 5.41) is 0. The lowest BCUT2D eigenvalue weighted by Gasteiger charge is -2.12. The van der Waals surface area contributed by atoms with Gasteiger partial charge in [-0.15, -0.1) is 0 Å². The highest BCUT2D eigenvalue weighted by Gasteiger charge is 2.36. The summed E-state index contributed by atoms with van der Waals surface area (Å²) in [6.07, 6.45) is -3.95. The molecule has 3 aromatic rings. The smallest absolute Gasteiger partial charge is 0.347 e. The lowest BCUT2D eigenvalue weighted by atomic mass is 10.0. The molecule has 1 amide bonds. The molecule has 0 unspecified atom stereocenters. The molecule has 0 fully saturated rings. The first-order valence-corrected chi connectivity index (χ1v) is 8.24. The Morgan fingerprint density at radius 2 is 1.79 bits per heavy atom. The molecule has 2 heterocycles. The molecule has 0 radical (unpaired) electrons. The van der Waals surface area contributed by atoms with E-state index in [2.05, 4.69) is 4.98 Å². The molecule has 0 aliphatic heterocycles. The number of pyridine rings is 1. The third-order valence-corrected chi connectivity index (χ3v) is 4.43. The van der Waals surface area contributed by atoms with Crippen molar-refractivity contribution in [3.63, 3.8) is 0 Å². The van der Waals surface area contributed by atoms with Crippen LogP contribution in [0.15, 0.2) is 29.2 Å². The zero-order valence-corrected chi connectivity index (χ0v) is 15.5. The van der Waals surface area contributed by atoms with Crippen LogP contribution < -0.4 is 5.69 Å². The predicted molar refractivity (Wildman–Crippen MR) is 94.0 cm³/mol. The normalized spacial score (nSPS) is 11.9. The van der Waals surface area contributed by atoms with Crippen molar-refractivity contribution in [3.8, 4) is 11.1 Å². The molecular weight excluding hydrogens is 399 g/mol. The molecule has 154 valence electrons. The van der Waals surface area contributed by atoms with Gasteiger partial charge in [-0.25, -0.2) is 18.6 Å². The van der Waals surface area contributed by atoms with E-state index in [1.807, 2.05) is 0 Å². The summed E-state index contributed by atoms with van der Waals surface area (Å²) in [4.78, 5) is 29.8. The number of halogens is 5. The maximum Gasteiger partial charge on any atom is 0.419 e. The van der Waals surface area contributed by atoms with Crippen LogP contribution in [0.5, 0.6) is 0 Å². The maximum atomic E-state index is 13.8. The Hall–Kier alpha value is -3.24. The highest BCUT2D eigenvalue weighted by Crippen LogP contribution is 2.35. The minimum absolute atomic E-state index is 0.0264. The van der Waals surface area contributed by atoms with Crippen molar-refractivity contribution in [3.05, 3.63) is 52.1 Å². The minimum atomic E-state index is -5.09. The van der Waals surface area contributed by atoms with Gasteiger partial charge in [0.25, 0.3) is 0 Å². The van der Waals surface area contributed by atoms with E-state index in [1.165, 1.54) is 36.7 Å². The summed E-state index contributed by atoms with van der Waals surface area (Å²) < 4.78 is 68.7. The molecule has 3 rings (SSSR count). The second-order valence-corrected chi connectivity index (χ2v) is 6.60. The number of benzene rings is 1. The number of alkyl halides is 3. The van der Waals surface area contributed by atoms with Crippen molar-refractivity contribution < 1.29 is 26.7 Å². The fourth-order valence-electron chi connectivity index (χ4n) is 2.83. The van der Waals surface area contributed by atoms with Crippen LogP contribution >= 0.6 is 0 Å². The molecule has 29 heavy (non-hydrogen) atoms. The zero-order chi connectivity index (χ0) is 21.7. The van der Waals surface area contributed by atoms with Crippen LogP contribution in [-0.2, 0) is 24.6 Å².